The molecule has 11 rings (SSSR count). The van der Waals surface area contributed by atoms with Crippen LogP contribution in [-0.4, -0.2) is 11.3 Å². The Morgan fingerprint density at radius 3 is 1.50 bits per heavy atom. The number of hydrogen-bond acceptors (Lipinski definition) is 2. The second kappa shape index (κ2) is 11.4. The van der Waals surface area contributed by atoms with Crippen LogP contribution >= 0.6 is 0 Å². The Morgan fingerprint density at radius 2 is 0.904 bits per heavy atom. The van der Waals surface area contributed by atoms with E-state index in [9.17, 15) is 0 Å². The Kier molecular flexibility index (Phi) is 6.35. The van der Waals surface area contributed by atoms with Gasteiger partial charge in [0.1, 0.15) is 23.0 Å². The van der Waals surface area contributed by atoms with E-state index < -0.39 is 0 Å². The highest BCUT2D eigenvalue weighted by molar-refractivity contribution is 6.98. The van der Waals surface area contributed by atoms with Crippen LogP contribution in [0.3, 0.4) is 0 Å². The van der Waals surface area contributed by atoms with Crippen LogP contribution in [-0.2, 0) is 0 Å². The van der Waals surface area contributed by atoms with E-state index in [2.05, 4.69) is 187 Å². The van der Waals surface area contributed by atoms with Crippen LogP contribution in [0.5, 0.6) is 23.0 Å². The Morgan fingerprint density at radius 1 is 0.385 bits per heavy atom. The fourth-order valence-corrected chi connectivity index (χ4v) is 8.32. The van der Waals surface area contributed by atoms with Crippen molar-refractivity contribution in [3.63, 3.8) is 0 Å². The van der Waals surface area contributed by atoms with Gasteiger partial charge in [-0.05, 0) is 87.3 Å². The van der Waals surface area contributed by atoms with Crippen molar-refractivity contribution in [1.29, 1.82) is 0 Å². The lowest BCUT2D eigenvalue weighted by Crippen LogP contribution is -2.57. The predicted octanol–water partition coefficient (Wildman–Crippen LogP) is 10.5. The van der Waals surface area contributed by atoms with Crippen molar-refractivity contribution in [2.24, 2.45) is 0 Å². The monoisotopic (exact) mass is 663 g/mol. The maximum absolute atomic E-state index is 7.01. The molecule has 8 aromatic carbocycles. The highest BCUT2D eigenvalue weighted by Crippen LogP contribution is 2.42. The third kappa shape index (κ3) is 4.41. The minimum Gasteiger partial charge on any atom is -0.458 e. The maximum Gasteiger partial charge on any atom is 0.260 e. The van der Waals surface area contributed by atoms with Gasteiger partial charge in [0.25, 0.3) is 6.71 Å². The van der Waals surface area contributed by atoms with E-state index in [0.717, 1.165) is 72.9 Å². The van der Waals surface area contributed by atoms with Gasteiger partial charge in [0.05, 0.1) is 11.0 Å². The van der Waals surface area contributed by atoms with E-state index in [1.165, 1.54) is 27.4 Å². The summed E-state index contributed by atoms with van der Waals surface area (Å²) in [6.45, 7) is -0.0380. The zero-order chi connectivity index (χ0) is 34.2. The van der Waals surface area contributed by atoms with E-state index in [0.29, 0.717) is 0 Å². The largest absolute Gasteiger partial charge is 0.458 e. The molecule has 0 N–H and O–H groups in total. The Labute approximate surface area is 302 Å². The molecule has 0 unspecified atom stereocenters. The molecule has 0 saturated carbocycles. The molecule has 0 spiro atoms. The minimum absolute atomic E-state index is 0.0380. The number of aromatic nitrogens is 1. The van der Waals surface area contributed by atoms with Gasteiger partial charge in [0.2, 0.25) is 0 Å². The summed E-state index contributed by atoms with van der Waals surface area (Å²) in [5.41, 5.74) is 13.6. The minimum atomic E-state index is -0.0380. The molecule has 4 heteroatoms. The summed E-state index contributed by atoms with van der Waals surface area (Å²) in [5, 5.41) is 2.51. The first-order valence-electron chi connectivity index (χ1n) is 17.8. The van der Waals surface area contributed by atoms with Crippen LogP contribution in [0.2, 0.25) is 0 Å². The lowest BCUT2D eigenvalue weighted by Gasteiger charge is -2.34. The topological polar surface area (TPSA) is 23.4 Å². The molecule has 0 amide bonds. The van der Waals surface area contributed by atoms with Crippen LogP contribution in [0.15, 0.2) is 182 Å². The van der Waals surface area contributed by atoms with Gasteiger partial charge in [-0.25, -0.2) is 0 Å². The first-order valence-corrected chi connectivity index (χ1v) is 17.8. The summed E-state index contributed by atoms with van der Waals surface area (Å²) in [6.07, 6.45) is 0. The second-order valence-corrected chi connectivity index (χ2v) is 13.6. The van der Waals surface area contributed by atoms with Crippen molar-refractivity contribution in [1.82, 2.24) is 4.57 Å². The summed E-state index contributed by atoms with van der Waals surface area (Å²) in [7, 11) is 0. The molecular formula is C48H30BNO2. The molecule has 0 fully saturated rings. The van der Waals surface area contributed by atoms with E-state index >= 15 is 0 Å². The first kappa shape index (κ1) is 29.0. The Hall–Kier alpha value is -6.78. The van der Waals surface area contributed by atoms with Crippen molar-refractivity contribution < 1.29 is 9.47 Å². The molecule has 2 aliphatic rings. The standard InChI is InChI=1S/C48H30BNO2/c1-3-11-31(12-4-1)34-21-26-40-45(29-34)51-44-28-25-37(48-47(44)49(40)41-27-22-35(30-46(41)52-48)32-13-5-2-6-14-32)33-19-23-36(24-20-33)50-42-17-9-7-15-38(42)39-16-8-10-18-43(39)50/h1-30H. The van der Waals surface area contributed by atoms with Gasteiger partial charge in [-0.2, -0.15) is 0 Å². The zero-order valence-electron chi connectivity index (χ0n) is 28.2. The molecule has 0 radical (unpaired) electrons. The average molecular weight is 664 g/mol. The lowest BCUT2D eigenvalue weighted by atomic mass is 9.34. The van der Waals surface area contributed by atoms with E-state index in [4.69, 9.17) is 9.47 Å². The molecule has 2 aliphatic heterocycles. The fraction of sp³-hybridized carbons (Fsp3) is 0. The molecule has 9 aromatic rings. The second-order valence-electron chi connectivity index (χ2n) is 13.6. The van der Waals surface area contributed by atoms with E-state index in [-0.39, 0.29) is 6.71 Å². The quantitative estimate of drug-likeness (QED) is 0.175. The third-order valence-electron chi connectivity index (χ3n) is 10.8. The summed E-state index contributed by atoms with van der Waals surface area (Å²) in [6, 6.07) is 64.7. The molecule has 3 heterocycles. The van der Waals surface area contributed by atoms with Crippen molar-refractivity contribution in [2.75, 3.05) is 0 Å². The highest BCUT2D eigenvalue weighted by Gasteiger charge is 2.41. The maximum atomic E-state index is 7.01. The average Bonchev–Trinajstić information content (AvgIpc) is 3.55. The number of para-hydroxylation sites is 2. The summed E-state index contributed by atoms with van der Waals surface area (Å²) < 4.78 is 16.1. The van der Waals surface area contributed by atoms with Crippen molar-refractivity contribution in [2.45, 2.75) is 0 Å². The van der Waals surface area contributed by atoms with Gasteiger partial charge in [0.15, 0.2) is 0 Å². The molecule has 0 atom stereocenters. The summed E-state index contributed by atoms with van der Waals surface area (Å²) >= 11 is 0. The number of ether oxygens (including phenoxy) is 2. The van der Waals surface area contributed by atoms with Crippen LogP contribution in [0, 0.1) is 0 Å². The fourth-order valence-electron chi connectivity index (χ4n) is 8.32. The smallest absolute Gasteiger partial charge is 0.260 e. The van der Waals surface area contributed by atoms with Gasteiger partial charge in [0, 0.05) is 27.5 Å². The molecule has 242 valence electrons. The number of rotatable bonds is 4. The Balaban J connectivity index is 1.07. The van der Waals surface area contributed by atoms with E-state index in [1.54, 1.807) is 0 Å². The molecule has 52 heavy (non-hydrogen) atoms. The van der Waals surface area contributed by atoms with Gasteiger partial charge >= 0.3 is 0 Å². The van der Waals surface area contributed by atoms with Gasteiger partial charge in [-0.3, -0.25) is 0 Å². The van der Waals surface area contributed by atoms with Crippen molar-refractivity contribution >= 4 is 44.9 Å². The molecule has 0 saturated heterocycles. The number of hydrogen-bond donors (Lipinski definition) is 0. The van der Waals surface area contributed by atoms with Gasteiger partial charge in [-0.15, -0.1) is 0 Å². The SMILES string of the molecule is c1ccc(-c2ccc3c(c2)Oc2ccc(-c4ccc(-n5c6ccccc6c6ccccc65)cc4)c4c2B3c2ccc(-c3ccccc3)cc2O4)cc1. The Bertz CT molecular complexity index is 2780. The van der Waals surface area contributed by atoms with Crippen LogP contribution in [0.25, 0.3) is 60.9 Å². The summed E-state index contributed by atoms with van der Waals surface area (Å²) in [4.78, 5) is 0. The zero-order valence-corrected chi connectivity index (χ0v) is 28.2. The molecule has 0 aliphatic carbocycles. The van der Waals surface area contributed by atoms with Gasteiger partial charge in [-0.1, -0.05) is 133 Å². The lowest BCUT2D eigenvalue weighted by molar-refractivity contribution is 0.466. The number of fused-ring (bicyclic) bond motifs is 7. The predicted molar refractivity (Wildman–Crippen MR) is 215 cm³/mol. The van der Waals surface area contributed by atoms with Crippen LogP contribution in [0.4, 0.5) is 0 Å². The van der Waals surface area contributed by atoms with Gasteiger partial charge < -0.3 is 14.0 Å². The number of nitrogens with zero attached hydrogens (tertiary/aromatic N) is 1. The van der Waals surface area contributed by atoms with Crippen LogP contribution < -0.4 is 25.9 Å². The summed E-state index contributed by atoms with van der Waals surface area (Å²) in [5.74, 6) is 3.44. The first-order chi connectivity index (χ1) is 25.8. The van der Waals surface area contributed by atoms with E-state index in [1.807, 2.05) is 0 Å². The third-order valence-corrected chi connectivity index (χ3v) is 10.8. The number of benzene rings is 8. The normalized spacial score (nSPS) is 12.5. The highest BCUT2D eigenvalue weighted by atomic mass is 16.5. The van der Waals surface area contributed by atoms with Crippen molar-refractivity contribution in [3.8, 4) is 62.1 Å². The molecule has 1 aromatic heterocycles. The molecule has 3 nitrogen and oxygen atoms in total. The van der Waals surface area contributed by atoms with Crippen LogP contribution in [0.1, 0.15) is 0 Å². The van der Waals surface area contributed by atoms with Crippen molar-refractivity contribution in [3.05, 3.63) is 182 Å². The molecular weight excluding hydrogens is 633 g/mol. The molecule has 0 bridgehead atoms.